The van der Waals surface area contributed by atoms with E-state index in [2.05, 4.69) is 0 Å². The summed E-state index contributed by atoms with van der Waals surface area (Å²) in [6, 6.07) is 0. The van der Waals surface area contributed by atoms with E-state index in [1.54, 1.807) is 27.8 Å². The molecule has 0 saturated carbocycles. The Morgan fingerprint density at radius 3 is 1.94 bits per heavy atom. The molecule has 0 fully saturated rings. The molecular formula is C10H19N2O4-. The third-order valence-corrected chi connectivity index (χ3v) is 1.79. The highest BCUT2D eigenvalue weighted by atomic mass is 16.6. The van der Waals surface area contributed by atoms with Crippen molar-refractivity contribution in [2.45, 2.75) is 26.4 Å². The minimum Gasteiger partial charge on any atom is -0.530 e. The summed E-state index contributed by atoms with van der Waals surface area (Å²) in [6.45, 7) is 5.77. The van der Waals surface area contributed by atoms with Crippen LogP contribution < -0.4 is 5.11 Å². The second-order valence-electron chi connectivity index (χ2n) is 4.59. The largest absolute Gasteiger partial charge is 0.530 e. The van der Waals surface area contributed by atoms with Crippen molar-refractivity contribution in [1.82, 2.24) is 9.80 Å². The summed E-state index contributed by atoms with van der Waals surface area (Å²) in [7, 11) is 2.94. The molecule has 0 bridgehead atoms. The normalized spacial score (nSPS) is 10.8. The Labute approximate surface area is 95.8 Å². The van der Waals surface area contributed by atoms with Gasteiger partial charge in [0, 0.05) is 27.2 Å². The number of hydrogen-bond acceptors (Lipinski definition) is 4. The Balaban J connectivity index is 4.02. The van der Waals surface area contributed by atoms with Gasteiger partial charge in [0.25, 0.3) is 0 Å². The quantitative estimate of drug-likeness (QED) is 0.692. The van der Waals surface area contributed by atoms with Crippen molar-refractivity contribution in [2.24, 2.45) is 0 Å². The van der Waals surface area contributed by atoms with E-state index in [0.717, 1.165) is 4.90 Å². The molecule has 0 aliphatic carbocycles. The summed E-state index contributed by atoms with van der Waals surface area (Å²) in [5.74, 6) is 0. The number of rotatable bonds is 3. The zero-order valence-corrected chi connectivity index (χ0v) is 10.4. The molecule has 0 aromatic carbocycles. The predicted octanol–water partition coefficient (Wildman–Crippen LogP) is 0.128. The maximum Gasteiger partial charge on any atom is 0.410 e. The van der Waals surface area contributed by atoms with Crippen LogP contribution in [0.15, 0.2) is 0 Å². The van der Waals surface area contributed by atoms with Crippen molar-refractivity contribution in [3.05, 3.63) is 0 Å². The van der Waals surface area contributed by atoms with Crippen molar-refractivity contribution in [2.75, 3.05) is 27.2 Å². The summed E-state index contributed by atoms with van der Waals surface area (Å²) in [5.41, 5.74) is -0.550. The van der Waals surface area contributed by atoms with Gasteiger partial charge >= 0.3 is 6.09 Å². The minimum atomic E-state index is -1.27. The lowest BCUT2D eigenvalue weighted by Crippen LogP contribution is -2.44. The monoisotopic (exact) mass is 231 g/mol. The molecule has 0 aliphatic heterocycles. The van der Waals surface area contributed by atoms with Crippen LogP contribution in [-0.4, -0.2) is 54.8 Å². The standard InChI is InChI=1S/C10H20N2O4/c1-10(2,3)16-9(15)12(5)7-6-11(4)8(13)14/h6-7H2,1-5H3,(H,13,14)/p-1. The van der Waals surface area contributed by atoms with Gasteiger partial charge in [-0.25, -0.2) is 4.79 Å². The Hall–Kier alpha value is -1.46. The highest BCUT2D eigenvalue weighted by Gasteiger charge is 2.19. The number of carboxylic acid groups (broad SMARTS) is 1. The maximum atomic E-state index is 11.5. The molecule has 0 radical (unpaired) electrons. The van der Waals surface area contributed by atoms with E-state index < -0.39 is 17.8 Å². The van der Waals surface area contributed by atoms with E-state index in [9.17, 15) is 14.7 Å². The van der Waals surface area contributed by atoms with E-state index in [-0.39, 0.29) is 13.1 Å². The molecule has 0 atom stereocenters. The SMILES string of the molecule is CN(CCN(C)C(=O)OC(C)(C)C)C(=O)[O-]. The number of ether oxygens (including phenoxy) is 1. The molecule has 6 nitrogen and oxygen atoms in total. The summed E-state index contributed by atoms with van der Waals surface area (Å²) >= 11 is 0. The number of nitrogens with zero attached hydrogens (tertiary/aromatic N) is 2. The fourth-order valence-corrected chi connectivity index (χ4v) is 0.822. The van der Waals surface area contributed by atoms with Gasteiger partial charge in [-0.15, -0.1) is 0 Å². The molecule has 0 aromatic heterocycles. The van der Waals surface area contributed by atoms with E-state index >= 15 is 0 Å². The molecule has 0 aliphatic rings. The van der Waals surface area contributed by atoms with Crippen LogP contribution in [0.4, 0.5) is 9.59 Å². The van der Waals surface area contributed by atoms with Crippen LogP contribution in [0.3, 0.4) is 0 Å². The lowest BCUT2D eigenvalue weighted by molar-refractivity contribution is -0.264. The smallest absolute Gasteiger partial charge is 0.410 e. The second kappa shape index (κ2) is 5.58. The molecule has 0 N–H and O–H groups in total. The Morgan fingerprint density at radius 2 is 1.56 bits per heavy atom. The lowest BCUT2D eigenvalue weighted by atomic mass is 10.2. The van der Waals surface area contributed by atoms with Gasteiger partial charge in [0.05, 0.1) is 0 Å². The van der Waals surface area contributed by atoms with Crippen LogP contribution >= 0.6 is 0 Å². The summed E-state index contributed by atoms with van der Waals surface area (Å²) in [6.07, 6.45) is -1.74. The number of likely N-dealkylation sites (N-methyl/N-ethyl adjacent to an activating group) is 2. The Morgan fingerprint density at radius 1 is 1.12 bits per heavy atom. The minimum absolute atomic E-state index is 0.193. The Bertz CT molecular complexity index is 260. The molecule has 94 valence electrons. The molecule has 0 heterocycles. The number of carbonyl (C=O) groups excluding carboxylic acids is 2. The van der Waals surface area contributed by atoms with Gasteiger partial charge < -0.3 is 24.4 Å². The second-order valence-corrected chi connectivity index (χ2v) is 4.59. The zero-order chi connectivity index (χ0) is 12.9. The predicted molar refractivity (Wildman–Crippen MR) is 56.9 cm³/mol. The molecule has 0 spiro atoms. The number of carbonyl (C=O) groups is 2. The van der Waals surface area contributed by atoms with Gasteiger partial charge in [-0.05, 0) is 20.8 Å². The molecule has 0 rings (SSSR count). The van der Waals surface area contributed by atoms with Crippen LogP contribution in [0.25, 0.3) is 0 Å². The highest BCUT2D eigenvalue weighted by molar-refractivity contribution is 5.68. The average Bonchev–Trinajstić information content (AvgIpc) is 2.10. The molecule has 0 aromatic rings. The van der Waals surface area contributed by atoms with E-state index in [4.69, 9.17) is 4.74 Å². The van der Waals surface area contributed by atoms with Gasteiger partial charge in [0.15, 0.2) is 0 Å². The van der Waals surface area contributed by atoms with Crippen LogP contribution in [0.1, 0.15) is 20.8 Å². The highest BCUT2D eigenvalue weighted by Crippen LogP contribution is 2.08. The molecule has 16 heavy (non-hydrogen) atoms. The van der Waals surface area contributed by atoms with Crippen molar-refractivity contribution in [3.63, 3.8) is 0 Å². The van der Waals surface area contributed by atoms with Crippen molar-refractivity contribution in [3.8, 4) is 0 Å². The fraction of sp³-hybridized carbons (Fsp3) is 0.800. The van der Waals surface area contributed by atoms with Gasteiger partial charge in [0.2, 0.25) is 0 Å². The topological polar surface area (TPSA) is 72.9 Å². The summed E-state index contributed by atoms with van der Waals surface area (Å²) < 4.78 is 5.10. The van der Waals surface area contributed by atoms with Gasteiger partial charge in [-0.3, -0.25) is 0 Å². The first kappa shape index (κ1) is 14.5. The first-order chi connectivity index (χ1) is 7.13. The molecule has 6 heteroatoms. The van der Waals surface area contributed by atoms with Crippen LogP contribution in [0.2, 0.25) is 0 Å². The van der Waals surface area contributed by atoms with Crippen molar-refractivity contribution < 1.29 is 19.4 Å². The average molecular weight is 231 g/mol. The summed E-state index contributed by atoms with van der Waals surface area (Å²) in [4.78, 5) is 24.2. The molecule has 0 saturated heterocycles. The fourth-order valence-electron chi connectivity index (χ4n) is 0.822. The lowest BCUT2D eigenvalue weighted by Gasteiger charge is -2.26. The van der Waals surface area contributed by atoms with Crippen LogP contribution in [0, 0.1) is 0 Å². The molecule has 0 unspecified atom stereocenters. The van der Waals surface area contributed by atoms with Crippen LogP contribution in [-0.2, 0) is 4.74 Å². The number of hydrogen-bond donors (Lipinski definition) is 0. The van der Waals surface area contributed by atoms with Crippen molar-refractivity contribution >= 4 is 12.2 Å². The molecular weight excluding hydrogens is 212 g/mol. The maximum absolute atomic E-state index is 11.5. The Kier molecular flexibility index (Phi) is 5.07. The summed E-state index contributed by atoms with van der Waals surface area (Å²) in [5, 5.41) is 10.4. The van der Waals surface area contributed by atoms with Gasteiger partial charge in [-0.2, -0.15) is 0 Å². The van der Waals surface area contributed by atoms with Crippen molar-refractivity contribution in [1.29, 1.82) is 0 Å². The van der Waals surface area contributed by atoms with E-state index in [1.165, 1.54) is 11.9 Å². The van der Waals surface area contributed by atoms with E-state index in [0.29, 0.717) is 0 Å². The van der Waals surface area contributed by atoms with Gasteiger partial charge in [-0.1, -0.05) is 0 Å². The number of amides is 2. The van der Waals surface area contributed by atoms with Crippen LogP contribution in [0.5, 0.6) is 0 Å². The first-order valence-electron chi connectivity index (χ1n) is 4.99. The molecule has 2 amide bonds. The van der Waals surface area contributed by atoms with E-state index in [1.807, 2.05) is 0 Å². The third kappa shape index (κ3) is 6.10. The first-order valence-corrected chi connectivity index (χ1v) is 4.99. The third-order valence-electron chi connectivity index (χ3n) is 1.79. The van der Waals surface area contributed by atoms with Gasteiger partial charge in [0.1, 0.15) is 11.7 Å². The zero-order valence-electron chi connectivity index (χ0n) is 10.4.